The third kappa shape index (κ3) is 1.91. The lowest BCUT2D eigenvalue weighted by atomic mass is 9.85. The normalized spacial score (nSPS) is 30.9. The number of thiazole rings is 1. The van der Waals surface area contributed by atoms with E-state index in [0.717, 1.165) is 18.4 Å². The van der Waals surface area contributed by atoms with E-state index in [9.17, 15) is 0 Å². The Morgan fingerprint density at radius 2 is 2.17 bits per heavy atom. The fourth-order valence-corrected chi connectivity index (χ4v) is 4.62. The SMILES string of the molecule is Cc1nc(C)c(CN2CC3CNCC3C2(C)C)s1. The molecule has 2 saturated heterocycles. The number of aromatic nitrogens is 1. The summed E-state index contributed by atoms with van der Waals surface area (Å²) in [6.07, 6.45) is 0. The summed E-state index contributed by atoms with van der Waals surface area (Å²) in [4.78, 5) is 8.67. The van der Waals surface area contributed by atoms with Crippen LogP contribution in [0.25, 0.3) is 0 Å². The maximum absolute atomic E-state index is 4.55. The number of hydrogen-bond acceptors (Lipinski definition) is 4. The number of hydrogen-bond donors (Lipinski definition) is 1. The molecule has 4 heteroatoms. The lowest BCUT2D eigenvalue weighted by molar-refractivity contribution is 0.133. The molecule has 3 heterocycles. The van der Waals surface area contributed by atoms with E-state index in [-0.39, 0.29) is 0 Å². The highest BCUT2D eigenvalue weighted by molar-refractivity contribution is 7.11. The van der Waals surface area contributed by atoms with E-state index in [1.165, 1.54) is 35.2 Å². The second kappa shape index (κ2) is 4.29. The van der Waals surface area contributed by atoms with Crippen molar-refractivity contribution >= 4 is 11.3 Å². The van der Waals surface area contributed by atoms with E-state index in [0.29, 0.717) is 5.54 Å². The minimum absolute atomic E-state index is 0.318. The van der Waals surface area contributed by atoms with Crippen molar-refractivity contribution < 1.29 is 0 Å². The van der Waals surface area contributed by atoms with E-state index >= 15 is 0 Å². The molecular weight excluding hydrogens is 242 g/mol. The van der Waals surface area contributed by atoms with Gasteiger partial charge in [-0.25, -0.2) is 4.98 Å². The van der Waals surface area contributed by atoms with Crippen molar-refractivity contribution in [3.63, 3.8) is 0 Å². The zero-order chi connectivity index (χ0) is 12.9. The standard InChI is InChI=1S/C14H23N3S/c1-9-13(18-10(2)16-9)8-17-7-11-5-15-6-12(11)14(17,3)4/h11-12,15H,5-8H2,1-4H3. The summed E-state index contributed by atoms with van der Waals surface area (Å²) < 4.78 is 0. The Morgan fingerprint density at radius 3 is 2.78 bits per heavy atom. The predicted molar refractivity (Wildman–Crippen MR) is 75.9 cm³/mol. The summed E-state index contributed by atoms with van der Waals surface area (Å²) in [7, 11) is 0. The van der Waals surface area contributed by atoms with Crippen molar-refractivity contribution in [3.05, 3.63) is 15.6 Å². The van der Waals surface area contributed by atoms with Gasteiger partial charge < -0.3 is 5.32 Å². The summed E-state index contributed by atoms with van der Waals surface area (Å²) in [6.45, 7) is 13.8. The topological polar surface area (TPSA) is 28.2 Å². The summed E-state index contributed by atoms with van der Waals surface area (Å²) in [5.41, 5.74) is 1.54. The molecule has 3 rings (SSSR count). The second-order valence-electron chi connectivity index (χ2n) is 6.30. The van der Waals surface area contributed by atoms with E-state index < -0.39 is 0 Å². The first-order valence-electron chi connectivity index (χ1n) is 6.87. The summed E-state index contributed by atoms with van der Waals surface area (Å²) in [5.74, 6) is 1.65. The molecule has 2 fully saturated rings. The first-order valence-corrected chi connectivity index (χ1v) is 7.69. The molecule has 100 valence electrons. The molecule has 3 nitrogen and oxygen atoms in total. The van der Waals surface area contributed by atoms with Crippen molar-refractivity contribution in [2.24, 2.45) is 11.8 Å². The summed E-state index contributed by atoms with van der Waals surface area (Å²) >= 11 is 1.86. The molecule has 0 amide bonds. The van der Waals surface area contributed by atoms with Crippen molar-refractivity contribution in [1.29, 1.82) is 0 Å². The second-order valence-corrected chi connectivity index (χ2v) is 7.59. The Bertz CT molecular complexity index is 452. The van der Waals surface area contributed by atoms with Crippen LogP contribution in [0.2, 0.25) is 0 Å². The number of aryl methyl sites for hydroxylation is 2. The van der Waals surface area contributed by atoms with Crippen LogP contribution in [0.1, 0.15) is 29.4 Å². The zero-order valence-corrected chi connectivity index (χ0v) is 12.6. The largest absolute Gasteiger partial charge is 0.316 e. The van der Waals surface area contributed by atoms with Gasteiger partial charge in [-0.05, 0) is 46.1 Å². The van der Waals surface area contributed by atoms with Gasteiger partial charge in [-0.3, -0.25) is 4.90 Å². The maximum atomic E-state index is 4.55. The first kappa shape index (κ1) is 12.6. The molecule has 2 aliphatic rings. The van der Waals surface area contributed by atoms with Crippen LogP contribution in [0.15, 0.2) is 0 Å². The molecular formula is C14H23N3S. The quantitative estimate of drug-likeness (QED) is 0.888. The van der Waals surface area contributed by atoms with Crippen molar-refractivity contribution in [2.75, 3.05) is 19.6 Å². The molecule has 0 aromatic carbocycles. The summed E-state index contributed by atoms with van der Waals surface area (Å²) in [6, 6.07) is 0. The highest BCUT2D eigenvalue weighted by Crippen LogP contribution is 2.41. The van der Waals surface area contributed by atoms with E-state index in [2.05, 4.69) is 42.9 Å². The van der Waals surface area contributed by atoms with Gasteiger partial charge in [-0.2, -0.15) is 0 Å². The number of rotatable bonds is 2. The Labute approximate surface area is 114 Å². The Morgan fingerprint density at radius 1 is 1.39 bits per heavy atom. The highest BCUT2D eigenvalue weighted by Gasteiger charge is 2.49. The van der Waals surface area contributed by atoms with Crippen LogP contribution < -0.4 is 5.32 Å². The predicted octanol–water partition coefficient (Wildman–Crippen LogP) is 2.19. The number of fused-ring (bicyclic) bond motifs is 1. The van der Waals surface area contributed by atoms with Crippen LogP contribution in [0, 0.1) is 25.7 Å². The van der Waals surface area contributed by atoms with Crippen molar-refractivity contribution in [3.8, 4) is 0 Å². The smallest absolute Gasteiger partial charge is 0.0900 e. The molecule has 2 atom stereocenters. The van der Waals surface area contributed by atoms with Gasteiger partial charge in [0.2, 0.25) is 0 Å². The van der Waals surface area contributed by atoms with Gasteiger partial charge in [-0.15, -0.1) is 11.3 Å². The zero-order valence-electron chi connectivity index (χ0n) is 11.8. The molecule has 0 bridgehead atoms. The molecule has 1 aromatic rings. The van der Waals surface area contributed by atoms with Gasteiger partial charge in [0, 0.05) is 30.1 Å². The van der Waals surface area contributed by atoms with Crippen LogP contribution in [-0.2, 0) is 6.54 Å². The Kier molecular flexibility index (Phi) is 3.00. The number of likely N-dealkylation sites (tertiary alicyclic amines) is 1. The molecule has 2 unspecified atom stereocenters. The lowest BCUT2D eigenvalue weighted by Crippen LogP contribution is -2.43. The van der Waals surface area contributed by atoms with Crippen LogP contribution in [-0.4, -0.2) is 35.1 Å². The molecule has 0 aliphatic carbocycles. The molecule has 0 saturated carbocycles. The third-order valence-electron chi connectivity index (χ3n) is 4.85. The van der Waals surface area contributed by atoms with Crippen LogP contribution in [0.3, 0.4) is 0 Å². The van der Waals surface area contributed by atoms with E-state index in [4.69, 9.17) is 0 Å². The highest BCUT2D eigenvalue weighted by atomic mass is 32.1. The number of nitrogens with one attached hydrogen (secondary N) is 1. The maximum Gasteiger partial charge on any atom is 0.0900 e. The van der Waals surface area contributed by atoms with E-state index in [1.807, 2.05) is 11.3 Å². The van der Waals surface area contributed by atoms with Gasteiger partial charge in [0.25, 0.3) is 0 Å². The Balaban J connectivity index is 1.79. The lowest BCUT2D eigenvalue weighted by Gasteiger charge is -2.35. The molecule has 2 aliphatic heterocycles. The van der Waals surface area contributed by atoms with Crippen LogP contribution in [0.4, 0.5) is 0 Å². The average Bonchev–Trinajstić information content (AvgIpc) is 2.90. The third-order valence-corrected chi connectivity index (χ3v) is 5.91. The fraction of sp³-hybridized carbons (Fsp3) is 0.786. The van der Waals surface area contributed by atoms with Gasteiger partial charge >= 0.3 is 0 Å². The minimum Gasteiger partial charge on any atom is -0.316 e. The van der Waals surface area contributed by atoms with Crippen LogP contribution >= 0.6 is 11.3 Å². The molecule has 0 spiro atoms. The van der Waals surface area contributed by atoms with Gasteiger partial charge in [0.15, 0.2) is 0 Å². The Hall–Kier alpha value is -0.450. The van der Waals surface area contributed by atoms with Gasteiger partial charge in [0.05, 0.1) is 10.7 Å². The fourth-order valence-electron chi connectivity index (χ4n) is 3.67. The average molecular weight is 265 g/mol. The molecule has 0 radical (unpaired) electrons. The molecule has 18 heavy (non-hydrogen) atoms. The molecule has 1 aromatic heterocycles. The van der Waals surface area contributed by atoms with Gasteiger partial charge in [0.1, 0.15) is 0 Å². The number of nitrogens with zero attached hydrogens (tertiary/aromatic N) is 2. The molecule has 1 N–H and O–H groups in total. The monoisotopic (exact) mass is 265 g/mol. The van der Waals surface area contributed by atoms with Gasteiger partial charge in [-0.1, -0.05) is 0 Å². The van der Waals surface area contributed by atoms with Crippen LogP contribution in [0.5, 0.6) is 0 Å². The summed E-state index contributed by atoms with van der Waals surface area (Å²) in [5, 5.41) is 4.74. The minimum atomic E-state index is 0.318. The van der Waals surface area contributed by atoms with E-state index in [1.54, 1.807) is 0 Å². The van der Waals surface area contributed by atoms with Crippen molar-refractivity contribution in [1.82, 2.24) is 15.2 Å². The first-order chi connectivity index (χ1) is 8.48. The van der Waals surface area contributed by atoms with Crippen molar-refractivity contribution in [2.45, 2.75) is 39.8 Å².